The van der Waals surface area contributed by atoms with Crippen molar-refractivity contribution in [2.45, 2.75) is 149 Å². The Morgan fingerprint density at radius 2 is 1.06 bits per heavy atom. The van der Waals surface area contributed by atoms with Crippen LogP contribution in [0.25, 0.3) is 0 Å². The maximum absolute atomic E-state index is 14.5. The van der Waals surface area contributed by atoms with E-state index in [4.69, 9.17) is 38.3 Å². The lowest BCUT2D eigenvalue weighted by Gasteiger charge is -2.37. The zero-order chi connectivity index (χ0) is 49.6. The molecule has 4 rings (SSSR count). The SMILES string of the molecule is C=C1CC(C(=O)c2cc(OC)c(OCCCCCOc3cc(NC(=O)OC(C)(C)C)c(C(=O)C4CC(=C)C[C@H]4CO[Si](C)(C)C(C)(C)C)cc3OC)cc2N)[C@H](CO[Si](C)(C)C(C)(C)C)C1. The van der Waals surface area contributed by atoms with E-state index < -0.39 is 28.3 Å². The Morgan fingerprint density at radius 1 is 0.636 bits per heavy atom. The van der Waals surface area contributed by atoms with Crippen LogP contribution in [0.3, 0.4) is 0 Å². The van der Waals surface area contributed by atoms with Crippen LogP contribution in [0, 0.1) is 23.7 Å². The van der Waals surface area contributed by atoms with Crippen molar-refractivity contribution in [3.63, 3.8) is 0 Å². The van der Waals surface area contributed by atoms with Crippen LogP contribution in [0.2, 0.25) is 36.3 Å². The van der Waals surface area contributed by atoms with E-state index >= 15 is 0 Å². The number of nitrogen functional groups attached to an aromatic ring is 1. The van der Waals surface area contributed by atoms with Crippen LogP contribution < -0.4 is 30.0 Å². The molecule has 0 aliphatic heterocycles. The molecule has 12 nitrogen and oxygen atoms in total. The molecule has 2 fully saturated rings. The number of nitrogens with one attached hydrogen (secondary N) is 1. The minimum Gasteiger partial charge on any atom is -0.493 e. The predicted octanol–water partition coefficient (Wildman–Crippen LogP) is 12.8. The van der Waals surface area contributed by atoms with Crippen LogP contribution in [0.5, 0.6) is 23.0 Å². The van der Waals surface area contributed by atoms with Gasteiger partial charge in [-0.25, -0.2) is 4.79 Å². The van der Waals surface area contributed by atoms with Crippen molar-refractivity contribution in [2.75, 3.05) is 51.7 Å². The highest BCUT2D eigenvalue weighted by molar-refractivity contribution is 6.74. The molecule has 2 unspecified atom stereocenters. The summed E-state index contributed by atoms with van der Waals surface area (Å²) in [6, 6.07) is 6.66. The largest absolute Gasteiger partial charge is 0.493 e. The monoisotopic (exact) mass is 951 g/mol. The predicted molar refractivity (Wildman–Crippen MR) is 271 cm³/mol. The number of hydrogen-bond acceptors (Lipinski definition) is 11. The summed E-state index contributed by atoms with van der Waals surface area (Å²) in [5.74, 6) is 0.885. The number of carbonyl (C=O) groups excluding carboxylic acids is 3. The van der Waals surface area contributed by atoms with E-state index in [1.807, 2.05) is 0 Å². The van der Waals surface area contributed by atoms with Gasteiger partial charge in [0.15, 0.2) is 51.2 Å². The van der Waals surface area contributed by atoms with Gasteiger partial charge in [-0.2, -0.15) is 0 Å². The molecular formula is C52H82N2O10Si2. The number of ketones is 2. The lowest BCUT2D eigenvalue weighted by molar-refractivity contribution is 0.0635. The molecule has 0 aromatic heterocycles. The van der Waals surface area contributed by atoms with Gasteiger partial charge < -0.3 is 38.3 Å². The molecule has 0 bridgehead atoms. The first-order valence-corrected chi connectivity index (χ1v) is 29.4. The molecule has 1 amide bonds. The van der Waals surface area contributed by atoms with Crippen LogP contribution in [-0.4, -0.2) is 80.5 Å². The summed E-state index contributed by atoms with van der Waals surface area (Å²) in [6.07, 6.45) is 4.08. The van der Waals surface area contributed by atoms with Crippen LogP contribution in [-0.2, 0) is 13.6 Å². The number of nitrogens with two attached hydrogens (primary N) is 1. The number of methoxy groups -OCH3 is 2. The fourth-order valence-corrected chi connectivity index (χ4v) is 10.1. The molecular weight excluding hydrogens is 869 g/mol. The average molecular weight is 951 g/mol. The number of amides is 1. The first kappa shape index (κ1) is 54.5. The molecule has 2 saturated carbocycles. The summed E-state index contributed by atoms with van der Waals surface area (Å²) in [6.45, 7) is 37.7. The van der Waals surface area contributed by atoms with Gasteiger partial charge in [0.1, 0.15) is 5.60 Å². The Labute approximate surface area is 398 Å². The number of hydrogen-bond donors (Lipinski definition) is 2. The van der Waals surface area contributed by atoms with Crippen molar-refractivity contribution in [3.05, 3.63) is 59.7 Å². The zero-order valence-corrected chi connectivity index (χ0v) is 45.0. The minimum absolute atomic E-state index is 0.0261. The molecule has 0 radical (unpaired) electrons. The fraction of sp³-hybridized carbons (Fsp3) is 0.635. The third-order valence-electron chi connectivity index (χ3n) is 14.0. The van der Waals surface area contributed by atoms with E-state index in [1.54, 1.807) is 52.1 Å². The molecule has 66 heavy (non-hydrogen) atoms. The van der Waals surface area contributed by atoms with Gasteiger partial charge in [0, 0.05) is 54.0 Å². The van der Waals surface area contributed by atoms with E-state index in [0.29, 0.717) is 98.3 Å². The van der Waals surface area contributed by atoms with Crippen molar-refractivity contribution in [1.29, 1.82) is 0 Å². The molecule has 3 N–H and O–H groups in total. The Bertz CT molecular complexity index is 2080. The zero-order valence-electron chi connectivity index (χ0n) is 43.0. The van der Waals surface area contributed by atoms with E-state index in [9.17, 15) is 14.4 Å². The molecule has 0 saturated heterocycles. The van der Waals surface area contributed by atoms with Gasteiger partial charge >= 0.3 is 6.09 Å². The van der Waals surface area contributed by atoms with Crippen molar-refractivity contribution < 1.29 is 46.9 Å². The number of rotatable bonds is 21. The van der Waals surface area contributed by atoms with Gasteiger partial charge in [0.2, 0.25) is 0 Å². The van der Waals surface area contributed by atoms with Gasteiger partial charge in [0.05, 0.1) is 33.1 Å². The first-order valence-electron chi connectivity index (χ1n) is 23.6. The van der Waals surface area contributed by atoms with Crippen molar-refractivity contribution in [3.8, 4) is 23.0 Å². The summed E-state index contributed by atoms with van der Waals surface area (Å²) in [7, 11) is -0.982. The highest BCUT2D eigenvalue weighted by atomic mass is 28.4. The van der Waals surface area contributed by atoms with E-state index in [1.165, 1.54) is 7.11 Å². The first-order chi connectivity index (χ1) is 30.5. The van der Waals surface area contributed by atoms with Crippen LogP contribution in [0.1, 0.15) is 128 Å². The second-order valence-electron chi connectivity index (χ2n) is 22.4. The third kappa shape index (κ3) is 14.2. The Kier molecular flexibility index (Phi) is 18.1. The van der Waals surface area contributed by atoms with Crippen LogP contribution >= 0.6 is 0 Å². The van der Waals surface area contributed by atoms with Crippen molar-refractivity contribution in [1.82, 2.24) is 0 Å². The van der Waals surface area contributed by atoms with E-state index in [2.05, 4.69) is 86.2 Å². The Morgan fingerprint density at radius 3 is 1.48 bits per heavy atom. The topological polar surface area (TPSA) is 154 Å². The molecule has 2 aromatic rings. The average Bonchev–Trinajstić information content (AvgIpc) is 3.77. The molecule has 4 atom stereocenters. The van der Waals surface area contributed by atoms with Gasteiger partial charge in [-0.15, -0.1) is 0 Å². The standard InChI is InChI=1S/C52H82N2O10Si2/c1-33-23-35(31-62-65(14,15)51(6,7)8)37(25-33)47(55)39-27-43(58-12)45(29-41(39)53)60-21-19-18-20-22-61-46-30-42(54-49(57)64-50(3,4)5)40(28-44(46)59-13)48(56)38-26-34(2)24-36(38)32-63-66(16,17)52(9,10)11/h27-30,35-38H,1-2,18-26,31-32,53H2,3-17H3,(H,54,57)/t35-,36-,37?,38?/m0/s1. The summed E-state index contributed by atoms with van der Waals surface area (Å²) >= 11 is 0. The Balaban J connectivity index is 1.40. The van der Waals surface area contributed by atoms with Gasteiger partial charge in [0.25, 0.3) is 0 Å². The third-order valence-corrected chi connectivity index (χ3v) is 23.0. The molecule has 0 spiro atoms. The highest BCUT2D eigenvalue weighted by Gasteiger charge is 2.43. The molecule has 14 heteroatoms. The quantitative estimate of drug-likeness (QED) is 0.0404. The number of Topliss-reactive ketones (excluding diaryl/α,β-unsaturated/α-hetero) is 2. The second-order valence-corrected chi connectivity index (χ2v) is 32.1. The van der Waals surface area contributed by atoms with Crippen LogP contribution in [0.15, 0.2) is 48.6 Å². The van der Waals surface area contributed by atoms with E-state index in [-0.39, 0.29) is 51.0 Å². The van der Waals surface area contributed by atoms with Gasteiger partial charge in [-0.3, -0.25) is 14.9 Å². The summed E-state index contributed by atoms with van der Waals surface area (Å²) in [5.41, 5.74) is 9.20. The lowest BCUT2D eigenvalue weighted by Crippen LogP contribution is -2.42. The van der Waals surface area contributed by atoms with Crippen molar-refractivity contribution in [2.24, 2.45) is 23.7 Å². The number of ether oxygens (including phenoxy) is 5. The summed E-state index contributed by atoms with van der Waals surface area (Å²) in [4.78, 5) is 41.6. The molecule has 2 aromatic carbocycles. The van der Waals surface area contributed by atoms with Gasteiger partial charge in [-0.1, -0.05) is 65.8 Å². The number of carbonyl (C=O) groups is 3. The summed E-state index contributed by atoms with van der Waals surface area (Å²) < 4.78 is 42.6. The van der Waals surface area contributed by atoms with E-state index in [0.717, 1.165) is 24.0 Å². The number of allylic oxidation sites excluding steroid dienone is 2. The number of benzene rings is 2. The minimum atomic E-state index is -2.07. The van der Waals surface area contributed by atoms with Crippen molar-refractivity contribution >= 4 is 45.7 Å². The van der Waals surface area contributed by atoms with Crippen LogP contribution in [0.4, 0.5) is 16.2 Å². The second kappa shape index (κ2) is 21.9. The number of anilines is 2. The molecule has 2 aliphatic carbocycles. The van der Waals surface area contributed by atoms with Gasteiger partial charge in [-0.05, 0) is 126 Å². The number of unbranched alkanes of at least 4 members (excludes halogenated alkanes) is 2. The summed E-state index contributed by atoms with van der Waals surface area (Å²) in [5, 5.41) is 2.93. The maximum atomic E-state index is 14.5. The lowest BCUT2D eigenvalue weighted by atomic mass is 9.88. The highest BCUT2D eigenvalue weighted by Crippen LogP contribution is 2.45. The normalized spacial score (nSPS) is 19.4. The smallest absolute Gasteiger partial charge is 0.412 e. The molecule has 0 heterocycles. The Hall–Kier alpha value is -4.12. The molecule has 368 valence electrons. The fourth-order valence-electron chi connectivity index (χ4n) is 7.93. The molecule has 2 aliphatic rings. The maximum Gasteiger partial charge on any atom is 0.412 e.